The highest BCUT2D eigenvalue weighted by Crippen LogP contribution is 1.91. The summed E-state index contributed by atoms with van der Waals surface area (Å²) in [6.45, 7) is 3.78. The molecule has 0 fully saturated rings. The lowest BCUT2D eigenvalue weighted by Crippen LogP contribution is -1.67. The van der Waals surface area contributed by atoms with E-state index in [4.69, 9.17) is 0 Å². The third kappa shape index (κ3) is 4.94. The maximum atomic E-state index is 11.1. The third-order valence-corrected chi connectivity index (χ3v) is 0.823. The first-order chi connectivity index (χ1) is 4.31. The minimum atomic E-state index is 0.985. The van der Waals surface area contributed by atoms with Crippen molar-refractivity contribution in [1.82, 2.24) is 0 Å². The molecule has 0 N–H and O–H groups in total. The van der Waals surface area contributed by atoms with E-state index in [1.165, 1.54) is 0 Å². The van der Waals surface area contributed by atoms with Gasteiger partial charge in [0, 0.05) is 0 Å². The van der Waals surface area contributed by atoms with Crippen molar-refractivity contribution in [2.45, 2.75) is 13.8 Å². The molecule has 0 saturated heterocycles. The molecule has 0 aromatic rings. The molecule has 50 valence electrons. The average Bonchev–Trinajstić information content (AvgIpc) is 1.85. The summed E-state index contributed by atoms with van der Waals surface area (Å²) < 4.78 is 11.1. The predicted molar refractivity (Wildman–Crippen MR) is 38.2 cm³/mol. The van der Waals surface area contributed by atoms with E-state index in [1.54, 1.807) is 6.08 Å². The van der Waals surface area contributed by atoms with Gasteiger partial charge in [0.25, 0.3) is 0 Å². The minimum Gasteiger partial charge on any atom is -0.0956 e. The summed E-state index contributed by atoms with van der Waals surface area (Å²) >= 11 is 0. The van der Waals surface area contributed by atoms with Crippen molar-refractivity contribution < 1.29 is 4.48 Å². The fraction of sp³-hybridized carbons (Fsp3) is 0.286. The van der Waals surface area contributed by atoms with Crippen LogP contribution < -0.4 is 0 Å². The van der Waals surface area contributed by atoms with E-state index < -0.39 is 0 Å². The molecule has 0 aliphatic carbocycles. The lowest BCUT2D eigenvalue weighted by Gasteiger charge is -1.82. The Bertz CT molecular complexity index is 145. The quantitative estimate of drug-likeness (QED) is 0.399. The van der Waals surface area contributed by atoms with E-state index in [-0.39, 0.29) is 0 Å². The van der Waals surface area contributed by atoms with Crippen LogP contribution in [0.2, 0.25) is 0 Å². The molecule has 0 heterocycles. The molecule has 0 atom stereocenters. The zero-order valence-electron chi connectivity index (χ0n) is 5.63. The van der Waals surface area contributed by atoms with Gasteiger partial charge in [-0.15, -0.1) is 0 Å². The standard InChI is InChI=1S/C7H10FN/c1-3-4-7(2)5-6-9-8/h3-6H,1-2H3/b4-3+,7-5-,9-6-. The molecule has 0 amide bonds. The summed E-state index contributed by atoms with van der Waals surface area (Å²) in [6.07, 6.45) is 6.48. The van der Waals surface area contributed by atoms with Crippen LogP contribution in [0.1, 0.15) is 13.8 Å². The Labute approximate surface area is 54.5 Å². The van der Waals surface area contributed by atoms with Gasteiger partial charge < -0.3 is 0 Å². The van der Waals surface area contributed by atoms with Gasteiger partial charge in [-0.2, -0.15) is 0 Å². The lowest BCUT2D eigenvalue weighted by molar-refractivity contribution is 0.541. The van der Waals surface area contributed by atoms with Crippen molar-refractivity contribution in [1.29, 1.82) is 0 Å². The van der Waals surface area contributed by atoms with Crippen molar-refractivity contribution in [3.8, 4) is 0 Å². The molecule has 2 heteroatoms. The van der Waals surface area contributed by atoms with Gasteiger partial charge in [-0.05, 0) is 25.5 Å². The summed E-state index contributed by atoms with van der Waals surface area (Å²) in [5.41, 5.74) is 0.985. The Hall–Kier alpha value is -0.920. The van der Waals surface area contributed by atoms with E-state index >= 15 is 0 Å². The summed E-state index contributed by atoms with van der Waals surface area (Å²) in [4.78, 5) is 0. The molecule has 0 spiro atoms. The van der Waals surface area contributed by atoms with Gasteiger partial charge in [0.2, 0.25) is 0 Å². The van der Waals surface area contributed by atoms with Gasteiger partial charge in [0.1, 0.15) is 0 Å². The summed E-state index contributed by atoms with van der Waals surface area (Å²) in [5, 5.41) is 2.32. The van der Waals surface area contributed by atoms with Crippen molar-refractivity contribution in [2.24, 2.45) is 5.21 Å². The van der Waals surface area contributed by atoms with Gasteiger partial charge in [-0.3, -0.25) is 0 Å². The van der Waals surface area contributed by atoms with Gasteiger partial charge >= 0.3 is 0 Å². The molecule has 0 aromatic carbocycles. The van der Waals surface area contributed by atoms with Crippen LogP contribution in [-0.4, -0.2) is 6.21 Å². The van der Waals surface area contributed by atoms with Crippen molar-refractivity contribution in [2.75, 3.05) is 0 Å². The van der Waals surface area contributed by atoms with E-state index in [0.29, 0.717) is 0 Å². The Balaban J connectivity index is 3.84. The predicted octanol–water partition coefficient (Wildman–Crippen LogP) is 2.46. The number of hydrogen-bond acceptors (Lipinski definition) is 1. The van der Waals surface area contributed by atoms with Crippen molar-refractivity contribution in [3.63, 3.8) is 0 Å². The molecule has 0 rings (SSSR count). The molecule has 0 unspecified atom stereocenters. The number of allylic oxidation sites excluding steroid dienone is 4. The lowest BCUT2D eigenvalue weighted by atomic mass is 10.3. The second kappa shape index (κ2) is 5.22. The normalized spacial score (nSPS) is 13.9. The van der Waals surface area contributed by atoms with Gasteiger partial charge in [-0.1, -0.05) is 21.8 Å². The number of hydrogen-bond donors (Lipinski definition) is 0. The third-order valence-electron chi connectivity index (χ3n) is 0.823. The maximum absolute atomic E-state index is 11.1. The molecular weight excluding hydrogens is 117 g/mol. The topological polar surface area (TPSA) is 12.4 Å². The van der Waals surface area contributed by atoms with E-state index in [0.717, 1.165) is 11.8 Å². The minimum absolute atomic E-state index is 0.985. The summed E-state index contributed by atoms with van der Waals surface area (Å²) in [6, 6.07) is 0. The highest BCUT2D eigenvalue weighted by molar-refractivity contribution is 5.72. The van der Waals surface area contributed by atoms with Crippen LogP contribution in [0.4, 0.5) is 4.48 Å². The zero-order chi connectivity index (χ0) is 7.11. The average molecular weight is 127 g/mol. The molecule has 0 bridgehead atoms. The first-order valence-corrected chi connectivity index (χ1v) is 2.75. The van der Waals surface area contributed by atoms with Crippen LogP contribution in [0.3, 0.4) is 0 Å². The maximum Gasteiger partial charge on any atom is 0.0602 e. The van der Waals surface area contributed by atoms with Gasteiger partial charge in [0.05, 0.1) is 6.21 Å². The zero-order valence-corrected chi connectivity index (χ0v) is 5.63. The monoisotopic (exact) mass is 127 g/mol. The first-order valence-electron chi connectivity index (χ1n) is 2.75. The van der Waals surface area contributed by atoms with Gasteiger partial charge in [0.15, 0.2) is 0 Å². The van der Waals surface area contributed by atoms with E-state index in [9.17, 15) is 4.48 Å². The number of halogens is 1. The number of nitrogens with zero attached hydrogens (tertiary/aromatic N) is 1. The summed E-state index contributed by atoms with van der Waals surface area (Å²) in [5.74, 6) is 0. The molecule has 0 aliphatic rings. The fourth-order valence-electron chi connectivity index (χ4n) is 0.464. The van der Waals surface area contributed by atoms with Crippen LogP contribution in [0, 0.1) is 0 Å². The summed E-state index contributed by atoms with van der Waals surface area (Å²) in [7, 11) is 0. The molecule has 1 nitrogen and oxygen atoms in total. The molecular formula is C7H10FN. The fourth-order valence-corrected chi connectivity index (χ4v) is 0.464. The van der Waals surface area contributed by atoms with E-state index in [1.807, 2.05) is 26.0 Å². The molecule has 0 saturated carbocycles. The van der Waals surface area contributed by atoms with Gasteiger partial charge in [-0.25, -0.2) is 0 Å². The Morgan fingerprint density at radius 2 is 2.22 bits per heavy atom. The number of rotatable bonds is 2. The van der Waals surface area contributed by atoms with E-state index in [2.05, 4.69) is 5.21 Å². The molecule has 0 aliphatic heterocycles. The second-order valence-corrected chi connectivity index (χ2v) is 1.66. The highest BCUT2D eigenvalue weighted by Gasteiger charge is 1.74. The smallest absolute Gasteiger partial charge is 0.0602 e. The molecule has 0 aromatic heterocycles. The SMILES string of the molecule is C/C=C/C(C)=C\C=N/F. The van der Waals surface area contributed by atoms with Crippen molar-refractivity contribution >= 4 is 6.21 Å². The highest BCUT2D eigenvalue weighted by atomic mass is 19.2. The Morgan fingerprint density at radius 1 is 1.56 bits per heavy atom. The van der Waals surface area contributed by atoms with Crippen LogP contribution in [0.5, 0.6) is 0 Å². The van der Waals surface area contributed by atoms with Crippen LogP contribution in [0.15, 0.2) is 29.0 Å². The molecule has 9 heavy (non-hydrogen) atoms. The molecule has 0 radical (unpaired) electrons. The van der Waals surface area contributed by atoms with Crippen LogP contribution in [0.25, 0.3) is 0 Å². The first kappa shape index (κ1) is 8.08. The Kier molecular flexibility index (Phi) is 4.69. The Morgan fingerprint density at radius 3 is 2.67 bits per heavy atom. The largest absolute Gasteiger partial charge is 0.0956 e. The van der Waals surface area contributed by atoms with Crippen LogP contribution in [-0.2, 0) is 0 Å². The van der Waals surface area contributed by atoms with Crippen molar-refractivity contribution in [3.05, 3.63) is 23.8 Å². The second-order valence-electron chi connectivity index (χ2n) is 1.66. The van der Waals surface area contributed by atoms with Crippen LogP contribution >= 0.6 is 0 Å².